The molecule has 0 aromatic carbocycles. The second-order valence-corrected chi connectivity index (χ2v) is 7.72. The number of hydrogen-bond acceptors (Lipinski definition) is 3. The van der Waals surface area contributed by atoms with E-state index in [-0.39, 0.29) is 5.97 Å². The molecular formula is C19H34O3. The summed E-state index contributed by atoms with van der Waals surface area (Å²) >= 11 is 0. The maximum absolute atomic E-state index is 11.9. The summed E-state index contributed by atoms with van der Waals surface area (Å²) in [7, 11) is 0. The molecule has 3 heteroatoms. The molecule has 0 aromatic rings. The minimum atomic E-state index is -0.448. The minimum Gasteiger partial charge on any atom is -0.457 e. The summed E-state index contributed by atoms with van der Waals surface area (Å²) in [5.41, 5.74) is 0.143. The van der Waals surface area contributed by atoms with E-state index in [4.69, 9.17) is 9.84 Å². The summed E-state index contributed by atoms with van der Waals surface area (Å²) in [6.45, 7) is 12.1. The van der Waals surface area contributed by atoms with Crippen LogP contribution in [0.3, 0.4) is 0 Å². The Morgan fingerprint density at radius 2 is 2.05 bits per heavy atom. The lowest BCUT2D eigenvalue weighted by Crippen LogP contribution is -2.24. The van der Waals surface area contributed by atoms with Gasteiger partial charge >= 0.3 is 5.97 Å². The number of ether oxygens (including phenoxy) is 1. The van der Waals surface area contributed by atoms with Crippen molar-refractivity contribution in [3.63, 3.8) is 0 Å². The highest BCUT2D eigenvalue weighted by Crippen LogP contribution is 2.49. The van der Waals surface area contributed by atoms with E-state index in [0.717, 1.165) is 43.4 Å². The van der Waals surface area contributed by atoms with E-state index >= 15 is 0 Å². The Morgan fingerprint density at radius 1 is 1.36 bits per heavy atom. The maximum Gasteiger partial charge on any atom is 0.333 e. The Balaban J connectivity index is 2.31. The highest BCUT2D eigenvalue weighted by Gasteiger charge is 2.41. The first kappa shape index (κ1) is 19.2. The zero-order chi connectivity index (χ0) is 16.8. The van der Waals surface area contributed by atoms with Gasteiger partial charge in [-0.2, -0.15) is 0 Å². The fourth-order valence-electron chi connectivity index (χ4n) is 3.32. The second kappa shape index (κ2) is 8.71. The van der Waals surface area contributed by atoms with E-state index in [1.54, 1.807) is 0 Å². The van der Waals surface area contributed by atoms with Gasteiger partial charge in [-0.15, -0.1) is 0 Å². The van der Waals surface area contributed by atoms with E-state index < -0.39 is 5.60 Å². The lowest BCUT2D eigenvalue weighted by atomic mass is 9.90. The molecule has 3 atom stereocenters. The van der Waals surface area contributed by atoms with Gasteiger partial charge in [-0.1, -0.05) is 26.3 Å². The van der Waals surface area contributed by atoms with Crippen LogP contribution in [-0.2, 0) is 9.53 Å². The highest BCUT2D eigenvalue weighted by molar-refractivity contribution is 5.87. The molecule has 1 rings (SSSR count). The molecule has 22 heavy (non-hydrogen) atoms. The van der Waals surface area contributed by atoms with Gasteiger partial charge in [-0.3, -0.25) is 0 Å². The van der Waals surface area contributed by atoms with Crippen LogP contribution >= 0.6 is 0 Å². The second-order valence-electron chi connectivity index (χ2n) is 7.72. The molecule has 1 N–H and O–H groups in total. The van der Waals surface area contributed by atoms with Crippen LogP contribution < -0.4 is 0 Å². The van der Waals surface area contributed by atoms with Crippen LogP contribution in [0.25, 0.3) is 0 Å². The zero-order valence-corrected chi connectivity index (χ0v) is 14.9. The molecule has 0 aliphatic heterocycles. The van der Waals surface area contributed by atoms with Crippen molar-refractivity contribution in [2.24, 2.45) is 17.8 Å². The third kappa shape index (κ3) is 6.95. The lowest BCUT2D eigenvalue weighted by Gasteiger charge is -2.21. The van der Waals surface area contributed by atoms with Crippen LogP contribution in [0.4, 0.5) is 0 Å². The van der Waals surface area contributed by atoms with Crippen LogP contribution in [0.1, 0.15) is 72.6 Å². The summed E-state index contributed by atoms with van der Waals surface area (Å²) in [5.74, 6) is 2.01. The van der Waals surface area contributed by atoms with E-state index in [9.17, 15) is 4.79 Å². The monoisotopic (exact) mass is 310 g/mol. The Morgan fingerprint density at radius 3 is 2.59 bits per heavy atom. The van der Waals surface area contributed by atoms with Crippen molar-refractivity contribution in [1.29, 1.82) is 0 Å². The van der Waals surface area contributed by atoms with Crippen LogP contribution in [0.15, 0.2) is 12.2 Å². The molecule has 3 nitrogen and oxygen atoms in total. The average molecular weight is 310 g/mol. The molecule has 0 aromatic heterocycles. The van der Waals surface area contributed by atoms with Gasteiger partial charge in [0.15, 0.2) is 0 Å². The van der Waals surface area contributed by atoms with Gasteiger partial charge in [-0.05, 0) is 70.6 Å². The van der Waals surface area contributed by atoms with Crippen molar-refractivity contribution < 1.29 is 14.6 Å². The van der Waals surface area contributed by atoms with Crippen molar-refractivity contribution >= 4 is 5.97 Å². The van der Waals surface area contributed by atoms with Crippen molar-refractivity contribution in [1.82, 2.24) is 0 Å². The van der Waals surface area contributed by atoms with Crippen molar-refractivity contribution in [2.45, 2.75) is 78.2 Å². The summed E-state index contributed by atoms with van der Waals surface area (Å²) in [4.78, 5) is 11.9. The maximum atomic E-state index is 11.9. The summed E-state index contributed by atoms with van der Waals surface area (Å²) < 4.78 is 5.35. The molecule has 128 valence electrons. The summed E-state index contributed by atoms with van der Waals surface area (Å²) in [6.07, 6.45) is 7.58. The van der Waals surface area contributed by atoms with Crippen molar-refractivity contribution in [2.75, 3.05) is 6.61 Å². The standard InChI is InChI=1S/C19H34O3/c1-6-8-15(17-13-16(17)11-12-20)10-7-9-14(2)18(21)22-19(3,4)5/h15-17,20H,2,6-13H2,1,3-5H3. The average Bonchev–Trinajstić information content (AvgIpc) is 3.15. The number of aliphatic hydroxyl groups is 1. The third-order valence-electron chi connectivity index (χ3n) is 4.48. The predicted octanol–water partition coefficient (Wildman–Crippen LogP) is 4.49. The number of carbonyl (C=O) groups excluding carboxylic acids is 1. The highest BCUT2D eigenvalue weighted by atomic mass is 16.6. The Labute approximate surface area is 136 Å². The van der Waals surface area contributed by atoms with Crippen LogP contribution in [0.5, 0.6) is 0 Å². The van der Waals surface area contributed by atoms with Gasteiger partial charge in [0.2, 0.25) is 0 Å². The number of rotatable bonds is 10. The van der Waals surface area contributed by atoms with Crippen LogP contribution in [-0.4, -0.2) is 23.3 Å². The first-order valence-corrected chi connectivity index (χ1v) is 8.80. The van der Waals surface area contributed by atoms with E-state index in [1.807, 2.05) is 20.8 Å². The molecule has 0 spiro atoms. The number of esters is 1. The molecule has 0 radical (unpaired) electrons. The topological polar surface area (TPSA) is 46.5 Å². The Kier molecular flexibility index (Phi) is 7.61. The fourth-order valence-corrected chi connectivity index (χ4v) is 3.32. The number of carbonyl (C=O) groups is 1. The first-order chi connectivity index (χ1) is 10.3. The Bertz CT molecular complexity index is 367. The van der Waals surface area contributed by atoms with Gasteiger partial charge < -0.3 is 9.84 Å². The minimum absolute atomic E-state index is 0.260. The van der Waals surface area contributed by atoms with Crippen LogP contribution in [0, 0.1) is 17.8 Å². The fraction of sp³-hybridized carbons (Fsp3) is 0.842. The van der Waals surface area contributed by atoms with Gasteiger partial charge in [-0.25, -0.2) is 4.79 Å². The van der Waals surface area contributed by atoms with E-state index in [1.165, 1.54) is 19.3 Å². The van der Waals surface area contributed by atoms with E-state index in [0.29, 0.717) is 12.2 Å². The van der Waals surface area contributed by atoms with Gasteiger partial charge in [0.1, 0.15) is 5.60 Å². The van der Waals surface area contributed by atoms with Crippen LogP contribution in [0.2, 0.25) is 0 Å². The van der Waals surface area contributed by atoms with Crippen molar-refractivity contribution in [3.05, 3.63) is 12.2 Å². The molecule has 1 aliphatic carbocycles. The zero-order valence-electron chi connectivity index (χ0n) is 14.9. The number of aliphatic hydroxyl groups excluding tert-OH is 1. The molecule has 1 saturated carbocycles. The van der Waals surface area contributed by atoms with Gasteiger partial charge in [0, 0.05) is 12.2 Å². The van der Waals surface area contributed by atoms with E-state index in [2.05, 4.69) is 13.5 Å². The predicted molar refractivity (Wildman–Crippen MR) is 90.5 cm³/mol. The molecule has 0 amide bonds. The molecule has 1 fully saturated rings. The molecule has 0 heterocycles. The molecule has 1 aliphatic rings. The molecule has 3 unspecified atom stereocenters. The van der Waals surface area contributed by atoms with Crippen molar-refractivity contribution in [3.8, 4) is 0 Å². The normalized spacial score (nSPS) is 22.2. The quantitative estimate of drug-likeness (QED) is 0.478. The van der Waals surface area contributed by atoms with Gasteiger partial charge in [0.25, 0.3) is 0 Å². The molecule has 0 bridgehead atoms. The molecular weight excluding hydrogens is 276 g/mol. The Hall–Kier alpha value is -0.830. The largest absolute Gasteiger partial charge is 0.457 e. The lowest BCUT2D eigenvalue weighted by molar-refractivity contribution is -0.150. The number of hydrogen-bond donors (Lipinski definition) is 1. The third-order valence-corrected chi connectivity index (χ3v) is 4.48. The first-order valence-electron chi connectivity index (χ1n) is 8.80. The summed E-state index contributed by atoms with van der Waals surface area (Å²) in [5, 5.41) is 9.05. The molecule has 0 saturated heterocycles. The smallest absolute Gasteiger partial charge is 0.333 e. The SMILES string of the molecule is C=C(CCCC(CCC)C1CC1CCO)C(=O)OC(C)(C)C. The van der Waals surface area contributed by atoms with Gasteiger partial charge in [0.05, 0.1) is 0 Å². The summed E-state index contributed by atoms with van der Waals surface area (Å²) in [6, 6.07) is 0.